The van der Waals surface area contributed by atoms with Crippen molar-refractivity contribution < 1.29 is 14.6 Å². The van der Waals surface area contributed by atoms with E-state index in [1.807, 2.05) is 25.1 Å². The first-order valence-electron chi connectivity index (χ1n) is 8.14. The largest absolute Gasteiger partial charge is 0.464 e. The summed E-state index contributed by atoms with van der Waals surface area (Å²) in [5.74, 6) is 1.59. The summed E-state index contributed by atoms with van der Waals surface area (Å²) in [6, 6.07) is 11.1. The average Bonchev–Trinajstić information content (AvgIpc) is 2.98. The second-order valence-electron chi connectivity index (χ2n) is 5.84. The highest BCUT2D eigenvalue weighted by molar-refractivity contribution is 5.89. The third-order valence-electron chi connectivity index (χ3n) is 3.88. The minimum absolute atomic E-state index is 0.316. The van der Waals surface area contributed by atoms with Crippen molar-refractivity contribution in [2.45, 2.75) is 20.1 Å². The van der Waals surface area contributed by atoms with Crippen molar-refractivity contribution in [1.29, 1.82) is 5.26 Å². The number of hydrogen-bond acceptors (Lipinski definition) is 6. The molecule has 0 saturated carbocycles. The van der Waals surface area contributed by atoms with E-state index in [1.165, 1.54) is 6.92 Å². The lowest BCUT2D eigenvalue weighted by Gasteiger charge is -2.11. The average molecular weight is 352 g/mol. The van der Waals surface area contributed by atoms with Crippen LogP contribution in [0, 0.1) is 18.3 Å². The second kappa shape index (κ2) is 7.35. The Morgan fingerprint density at radius 2 is 2.12 bits per heavy atom. The van der Waals surface area contributed by atoms with Gasteiger partial charge in [-0.2, -0.15) is 5.26 Å². The number of H-pyrrole nitrogens is 1. The molecule has 0 amide bonds. The van der Waals surface area contributed by atoms with Crippen LogP contribution in [-0.2, 0) is 0 Å². The van der Waals surface area contributed by atoms with E-state index in [2.05, 4.69) is 16.4 Å². The van der Waals surface area contributed by atoms with Gasteiger partial charge in [-0.3, -0.25) is 0 Å². The number of nitrogens with two attached hydrogens (primary N) is 1. The molecule has 0 aliphatic rings. The van der Waals surface area contributed by atoms with E-state index in [4.69, 9.17) is 15.2 Å². The second-order valence-corrected chi connectivity index (χ2v) is 5.84. The normalized spacial score (nSPS) is 11.8. The van der Waals surface area contributed by atoms with Gasteiger partial charge in [-0.1, -0.05) is 0 Å². The van der Waals surface area contributed by atoms with Crippen LogP contribution >= 0.6 is 0 Å². The Kier molecular flexibility index (Phi) is 4.98. The summed E-state index contributed by atoms with van der Waals surface area (Å²) in [6.45, 7) is 3.81. The monoisotopic (exact) mass is 352 g/mol. The standard InChI is InChI=1S/C19H20N4O3/c1-11-5-14(3-4-16(11)23-10-21)26-19-9-22-17-7-18(25-12(2)24)13(8-20)6-15(17)19/h3-7,9,12,22-24H,10,21H2,1-2H3/t12-/m0/s1. The van der Waals surface area contributed by atoms with E-state index in [-0.39, 0.29) is 0 Å². The van der Waals surface area contributed by atoms with Gasteiger partial charge in [-0.25, -0.2) is 0 Å². The molecule has 5 N–H and O–H groups in total. The molecule has 134 valence electrons. The van der Waals surface area contributed by atoms with Crippen LogP contribution in [0.15, 0.2) is 36.5 Å². The molecule has 1 atom stereocenters. The van der Waals surface area contributed by atoms with Crippen LogP contribution < -0.4 is 20.5 Å². The number of fused-ring (bicyclic) bond motifs is 1. The van der Waals surface area contributed by atoms with E-state index >= 15 is 0 Å². The molecule has 0 saturated heterocycles. The number of aromatic nitrogens is 1. The zero-order valence-corrected chi connectivity index (χ0v) is 14.5. The fourth-order valence-electron chi connectivity index (χ4n) is 2.71. The highest BCUT2D eigenvalue weighted by Crippen LogP contribution is 2.35. The van der Waals surface area contributed by atoms with Crippen molar-refractivity contribution in [2.75, 3.05) is 12.0 Å². The van der Waals surface area contributed by atoms with Gasteiger partial charge in [-0.15, -0.1) is 0 Å². The molecule has 3 aromatic rings. The van der Waals surface area contributed by atoms with E-state index in [0.717, 1.165) is 22.2 Å². The number of ether oxygens (including phenoxy) is 2. The predicted octanol–water partition coefficient (Wildman–Crippen LogP) is 3.19. The Bertz CT molecular complexity index is 973. The summed E-state index contributed by atoms with van der Waals surface area (Å²) >= 11 is 0. The van der Waals surface area contributed by atoms with Crippen LogP contribution in [0.4, 0.5) is 5.69 Å². The van der Waals surface area contributed by atoms with E-state index in [9.17, 15) is 10.4 Å². The number of anilines is 1. The smallest absolute Gasteiger partial charge is 0.194 e. The zero-order valence-electron chi connectivity index (χ0n) is 14.5. The molecular formula is C19H20N4O3. The van der Waals surface area contributed by atoms with Crippen molar-refractivity contribution in [3.05, 3.63) is 47.7 Å². The molecule has 2 aromatic carbocycles. The first-order chi connectivity index (χ1) is 12.5. The quantitative estimate of drug-likeness (QED) is 0.506. The molecule has 0 aliphatic carbocycles. The lowest BCUT2D eigenvalue weighted by atomic mass is 10.1. The maximum absolute atomic E-state index is 9.40. The van der Waals surface area contributed by atoms with Gasteiger partial charge in [0.05, 0.1) is 17.7 Å². The van der Waals surface area contributed by atoms with Gasteiger partial charge in [0.2, 0.25) is 0 Å². The molecule has 0 fully saturated rings. The van der Waals surface area contributed by atoms with E-state index in [1.54, 1.807) is 18.3 Å². The van der Waals surface area contributed by atoms with E-state index in [0.29, 0.717) is 29.5 Å². The Hall–Kier alpha value is -3.21. The summed E-state index contributed by atoms with van der Waals surface area (Å²) in [5, 5.41) is 22.6. The lowest BCUT2D eigenvalue weighted by molar-refractivity contribution is -0.000409. The number of nitrogens with zero attached hydrogens (tertiary/aromatic N) is 1. The molecule has 26 heavy (non-hydrogen) atoms. The van der Waals surface area contributed by atoms with Crippen molar-refractivity contribution in [1.82, 2.24) is 4.98 Å². The lowest BCUT2D eigenvalue weighted by Crippen LogP contribution is -2.11. The number of aliphatic hydroxyl groups excluding tert-OH is 1. The highest BCUT2D eigenvalue weighted by Gasteiger charge is 2.13. The third kappa shape index (κ3) is 3.57. The number of aryl methyl sites for hydroxylation is 1. The molecule has 7 nitrogen and oxygen atoms in total. The summed E-state index contributed by atoms with van der Waals surface area (Å²) in [7, 11) is 0. The number of rotatable bonds is 6. The van der Waals surface area contributed by atoms with Crippen molar-refractivity contribution in [2.24, 2.45) is 5.73 Å². The van der Waals surface area contributed by atoms with E-state index < -0.39 is 6.29 Å². The Morgan fingerprint density at radius 3 is 2.77 bits per heavy atom. The molecule has 1 aromatic heterocycles. The number of hydrogen-bond donors (Lipinski definition) is 4. The molecule has 3 rings (SSSR count). The fourth-order valence-corrected chi connectivity index (χ4v) is 2.71. The topological polar surface area (TPSA) is 116 Å². The molecule has 0 radical (unpaired) electrons. The molecule has 0 bridgehead atoms. The first kappa shape index (κ1) is 17.6. The molecule has 7 heteroatoms. The van der Waals surface area contributed by atoms with Crippen molar-refractivity contribution in [3.8, 4) is 23.3 Å². The number of aromatic amines is 1. The molecule has 0 spiro atoms. The Balaban J connectivity index is 1.94. The van der Waals surface area contributed by atoms with Crippen LogP contribution in [0.3, 0.4) is 0 Å². The highest BCUT2D eigenvalue weighted by atomic mass is 16.6. The van der Waals surface area contributed by atoms with Crippen molar-refractivity contribution >= 4 is 16.6 Å². The van der Waals surface area contributed by atoms with Crippen LogP contribution in [0.2, 0.25) is 0 Å². The minimum atomic E-state index is -1.01. The maximum Gasteiger partial charge on any atom is 0.194 e. The number of nitriles is 1. The van der Waals surface area contributed by atoms with Crippen LogP contribution in [0.1, 0.15) is 18.1 Å². The number of aliphatic hydroxyl groups is 1. The summed E-state index contributed by atoms with van der Waals surface area (Å²) < 4.78 is 11.3. The maximum atomic E-state index is 9.40. The Labute approximate surface area is 151 Å². The van der Waals surface area contributed by atoms with Gasteiger partial charge < -0.3 is 30.6 Å². The Morgan fingerprint density at radius 1 is 1.31 bits per heavy atom. The van der Waals surface area contributed by atoms with Gasteiger partial charge in [0, 0.05) is 23.3 Å². The van der Waals surface area contributed by atoms with Gasteiger partial charge in [0.1, 0.15) is 17.6 Å². The van der Waals surface area contributed by atoms with Crippen molar-refractivity contribution in [3.63, 3.8) is 0 Å². The molecule has 0 unspecified atom stereocenters. The number of benzene rings is 2. The molecular weight excluding hydrogens is 332 g/mol. The fraction of sp³-hybridized carbons (Fsp3) is 0.211. The van der Waals surface area contributed by atoms with Gasteiger partial charge in [-0.05, 0) is 43.7 Å². The van der Waals surface area contributed by atoms with Gasteiger partial charge >= 0.3 is 0 Å². The van der Waals surface area contributed by atoms with Crippen LogP contribution in [0.25, 0.3) is 10.9 Å². The minimum Gasteiger partial charge on any atom is -0.464 e. The van der Waals surface area contributed by atoms with Gasteiger partial charge in [0.15, 0.2) is 12.0 Å². The summed E-state index contributed by atoms with van der Waals surface area (Å²) in [6.07, 6.45) is 0.716. The van der Waals surface area contributed by atoms with Crippen LogP contribution in [-0.4, -0.2) is 23.0 Å². The summed E-state index contributed by atoms with van der Waals surface area (Å²) in [4.78, 5) is 3.09. The molecule has 0 aliphatic heterocycles. The molecule has 1 heterocycles. The number of nitrogens with one attached hydrogen (secondary N) is 2. The summed E-state index contributed by atoms with van der Waals surface area (Å²) in [5.41, 5.74) is 8.54. The predicted molar refractivity (Wildman–Crippen MR) is 99.3 cm³/mol. The van der Waals surface area contributed by atoms with Crippen LogP contribution in [0.5, 0.6) is 17.2 Å². The zero-order chi connectivity index (χ0) is 18.7. The SMILES string of the molecule is Cc1cc(Oc2c[nH]c3cc(O[C@@H](C)O)c(C#N)cc23)ccc1NCN. The first-order valence-corrected chi connectivity index (χ1v) is 8.14. The third-order valence-corrected chi connectivity index (χ3v) is 3.88. The van der Waals surface area contributed by atoms with Gasteiger partial charge in [0.25, 0.3) is 0 Å².